The number of nitrogens with two attached hydrogens (primary N) is 1. The fraction of sp³-hybridized carbons (Fsp3) is 0.143. The van der Waals surface area contributed by atoms with E-state index in [4.69, 9.17) is 17.3 Å². The Hall–Kier alpha value is -2.67. The van der Waals surface area contributed by atoms with Crippen LogP contribution in [-0.2, 0) is 6.42 Å². The van der Waals surface area contributed by atoms with E-state index in [-0.39, 0.29) is 5.56 Å². The second-order valence-electron chi connectivity index (χ2n) is 4.64. The van der Waals surface area contributed by atoms with Crippen LogP contribution in [0.1, 0.15) is 16.2 Å². The molecule has 8 heteroatoms. The third-order valence-electron chi connectivity index (χ3n) is 3.15. The number of amides is 1. The van der Waals surface area contributed by atoms with Gasteiger partial charge in [-0.2, -0.15) is 0 Å². The van der Waals surface area contributed by atoms with Crippen LogP contribution in [-0.4, -0.2) is 32.0 Å². The number of nitrogens with zero attached hydrogens (tertiary/aromatic N) is 4. The van der Waals surface area contributed by atoms with E-state index >= 15 is 0 Å². The Morgan fingerprint density at radius 2 is 2.23 bits per heavy atom. The predicted octanol–water partition coefficient (Wildman–Crippen LogP) is 1.53. The molecule has 0 aromatic carbocycles. The van der Waals surface area contributed by atoms with Crippen LogP contribution >= 0.6 is 11.6 Å². The molecule has 0 saturated heterocycles. The minimum Gasteiger partial charge on any atom is -0.368 e. The SMILES string of the molecule is NC(=O)c1cnc(NCCc2nnc3ccccn23)c(Cl)c1. The van der Waals surface area contributed by atoms with E-state index in [0.29, 0.717) is 23.8 Å². The third-order valence-corrected chi connectivity index (χ3v) is 3.44. The van der Waals surface area contributed by atoms with E-state index in [1.165, 1.54) is 12.3 Å². The summed E-state index contributed by atoms with van der Waals surface area (Å²) in [6.07, 6.45) is 3.96. The van der Waals surface area contributed by atoms with Gasteiger partial charge in [0.15, 0.2) is 5.65 Å². The third kappa shape index (κ3) is 2.84. The average Bonchev–Trinajstić information content (AvgIpc) is 2.92. The normalized spacial score (nSPS) is 10.8. The van der Waals surface area contributed by atoms with Gasteiger partial charge in [0.25, 0.3) is 0 Å². The van der Waals surface area contributed by atoms with Crippen molar-refractivity contribution in [1.82, 2.24) is 19.6 Å². The first-order chi connectivity index (χ1) is 10.6. The number of hydrogen-bond acceptors (Lipinski definition) is 5. The topological polar surface area (TPSA) is 98.2 Å². The molecule has 0 unspecified atom stereocenters. The molecule has 3 aromatic heterocycles. The molecule has 0 bridgehead atoms. The first-order valence-corrected chi connectivity index (χ1v) is 7.01. The van der Waals surface area contributed by atoms with Crippen LogP contribution in [0.4, 0.5) is 5.82 Å². The molecule has 112 valence electrons. The quantitative estimate of drug-likeness (QED) is 0.744. The van der Waals surface area contributed by atoms with Gasteiger partial charge in [-0.15, -0.1) is 10.2 Å². The van der Waals surface area contributed by atoms with Crippen molar-refractivity contribution in [1.29, 1.82) is 0 Å². The maximum Gasteiger partial charge on any atom is 0.250 e. The van der Waals surface area contributed by atoms with Crippen molar-refractivity contribution in [2.45, 2.75) is 6.42 Å². The number of rotatable bonds is 5. The summed E-state index contributed by atoms with van der Waals surface area (Å²) in [5.74, 6) is 0.782. The van der Waals surface area contributed by atoms with E-state index < -0.39 is 5.91 Å². The largest absolute Gasteiger partial charge is 0.368 e. The summed E-state index contributed by atoms with van der Waals surface area (Å²) in [7, 11) is 0. The highest BCUT2D eigenvalue weighted by molar-refractivity contribution is 6.33. The monoisotopic (exact) mass is 316 g/mol. The molecule has 3 N–H and O–H groups in total. The van der Waals surface area contributed by atoms with Gasteiger partial charge in [-0.05, 0) is 18.2 Å². The molecule has 1 amide bonds. The summed E-state index contributed by atoms with van der Waals surface area (Å²) in [6.45, 7) is 0.582. The summed E-state index contributed by atoms with van der Waals surface area (Å²) in [6, 6.07) is 7.22. The lowest BCUT2D eigenvalue weighted by Crippen LogP contribution is -2.13. The van der Waals surface area contributed by atoms with Crippen LogP contribution in [0.15, 0.2) is 36.7 Å². The van der Waals surface area contributed by atoms with Crippen LogP contribution in [0.5, 0.6) is 0 Å². The van der Waals surface area contributed by atoms with Crippen LogP contribution in [0.3, 0.4) is 0 Å². The highest BCUT2D eigenvalue weighted by Gasteiger charge is 2.08. The Labute approximate surface area is 131 Å². The molecular weight excluding hydrogens is 304 g/mol. The number of aromatic nitrogens is 4. The van der Waals surface area contributed by atoms with E-state index in [1.807, 2.05) is 28.8 Å². The van der Waals surface area contributed by atoms with Gasteiger partial charge in [-0.1, -0.05) is 17.7 Å². The maximum atomic E-state index is 11.0. The molecule has 3 heterocycles. The number of pyridine rings is 2. The second kappa shape index (κ2) is 5.98. The van der Waals surface area contributed by atoms with Crippen LogP contribution < -0.4 is 11.1 Å². The van der Waals surface area contributed by atoms with Gasteiger partial charge in [-0.25, -0.2) is 4.98 Å². The van der Waals surface area contributed by atoms with Gasteiger partial charge in [-0.3, -0.25) is 9.20 Å². The minimum atomic E-state index is -0.559. The minimum absolute atomic E-state index is 0.277. The zero-order chi connectivity index (χ0) is 15.5. The Balaban J connectivity index is 1.67. The van der Waals surface area contributed by atoms with Crippen molar-refractivity contribution in [2.24, 2.45) is 5.73 Å². The van der Waals surface area contributed by atoms with Gasteiger partial charge in [0.05, 0.1) is 10.6 Å². The number of carbonyl (C=O) groups is 1. The molecule has 0 aliphatic heterocycles. The van der Waals surface area contributed by atoms with Gasteiger partial charge >= 0.3 is 0 Å². The summed E-state index contributed by atoms with van der Waals surface area (Å²) in [5, 5.41) is 11.7. The van der Waals surface area contributed by atoms with Crippen LogP contribution in [0, 0.1) is 0 Å². The van der Waals surface area contributed by atoms with Crippen molar-refractivity contribution >= 4 is 29.0 Å². The molecule has 3 rings (SSSR count). The lowest BCUT2D eigenvalue weighted by atomic mass is 10.2. The van der Waals surface area contributed by atoms with Crippen molar-refractivity contribution in [3.05, 3.63) is 53.1 Å². The average molecular weight is 317 g/mol. The van der Waals surface area contributed by atoms with E-state index in [0.717, 1.165) is 11.5 Å². The summed E-state index contributed by atoms with van der Waals surface area (Å²) < 4.78 is 1.92. The smallest absolute Gasteiger partial charge is 0.250 e. The number of halogens is 1. The molecule has 0 radical (unpaired) electrons. The number of primary amides is 1. The highest BCUT2D eigenvalue weighted by Crippen LogP contribution is 2.19. The molecule has 0 spiro atoms. The van der Waals surface area contributed by atoms with E-state index in [9.17, 15) is 4.79 Å². The second-order valence-corrected chi connectivity index (χ2v) is 5.05. The standard InChI is InChI=1S/C14H13ClN6O/c15-10-7-9(13(16)22)8-18-14(10)17-5-4-12-20-19-11-3-1-2-6-21(11)12/h1-3,6-8H,4-5H2,(H2,16,22)(H,17,18). The Morgan fingerprint density at radius 1 is 1.36 bits per heavy atom. The fourth-order valence-corrected chi connectivity index (χ4v) is 2.29. The summed E-state index contributed by atoms with van der Waals surface area (Å²) >= 11 is 6.06. The number of carbonyl (C=O) groups excluding carboxylic acids is 1. The molecule has 0 aliphatic rings. The Kier molecular flexibility index (Phi) is 3.88. The predicted molar refractivity (Wildman–Crippen MR) is 82.9 cm³/mol. The van der Waals surface area contributed by atoms with Gasteiger partial charge in [0, 0.05) is 25.4 Å². The lowest BCUT2D eigenvalue weighted by Gasteiger charge is -2.07. The first kappa shape index (κ1) is 14.3. The van der Waals surface area contributed by atoms with Crippen LogP contribution in [0.25, 0.3) is 5.65 Å². The van der Waals surface area contributed by atoms with E-state index in [2.05, 4.69) is 20.5 Å². The van der Waals surface area contributed by atoms with Crippen molar-refractivity contribution < 1.29 is 4.79 Å². The first-order valence-electron chi connectivity index (χ1n) is 6.63. The molecule has 3 aromatic rings. The Bertz CT molecular complexity index is 831. The number of nitrogens with one attached hydrogen (secondary N) is 1. The molecule has 0 atom stereocenters. The van der Waals surface area contributed by atoms with Crippen molar-refractivity contribution in [3.8, 4) is 0 Å². The summed E-state index contributed by atoms with van der Waals surface area (Å²) in [4.78, 5) is 15.1. The van der Waals surface area contributed by atoms with Gasteiger partial charge < -0.3 is 11.1 Å². The van der Waals surface area contributed by atoms with Gasteiger partial charge in [0.1, 0.15) is 11.6 Å². The van der Waals surface area contributed by atoms with Crippen LogP contribution in [0.2, 0.25) is 5.02 Å². The van der Waals surface area contributed by atoms with Crippen molar-refractivity contribution in [3.63, 3.8) is 0 Å². The van der Waals surface area contributed by atoms with Gasteiger partial charge in [0.2, 0.25) is 5.91 Å². The highest BCUT2D eigenvalue weighted by atomic mass is 35.5. The lowest BCUT2D eigenvalue weighted by molar-refractivity contribution is 0.1000. The fourth-order valence-electron chi connectivity index (χ4n) is 2.06. The number of fused-ring (bicyclic) bond motifs is 1. The Morgan fingerprint density at radius 3 is 3.00 bits per heavy atom. The summed E-state index contributed by atoms with van der Waals surface area (Å²) in [5.41, 5.74) is 6.26. The molecule has 0 fully saturated rings. The maximum absolute atomic E-state index is 11.0. The molecule has 0 saturated carbocycles. The zero-order valence-corrected chi connectivity index (χ0v) is 12.3. The molecule has 22 heavy (non-hydrogen) atoms. The number of anilines is 1. The molecular formula is C14H13ClN6O. The zero-order valence-electron chi connectivity index (χ0n) is 11.5. The van der Waals surface area contributed by atoms with Crippen molar-refractivity contribution in [2.75, 3.05) is 11.9 Å². The van der Waals surface area contributed by atoms with E-state index in [1.54, 1.807) is 0 Å². The number of hydrogen-bond donors (Lipinski definition) is 2. The molecule has 0 aliphatic carbocycles. The molecule has 7 nitrogen and oxygen atoms in total.